The third-order valence-electron chi connectivity index (χ3n) is 3.82. The van der Waals surface area contributed by atoms with E-state index in [1.54, 1.807) is 24.3 Å². The highest BCUT2D eigenvalue weighted by Gasteiger charge is 2.26. The molecule has 0 aliphatic rings. The summed E-state index contributed by atoms with van der Waals surface area (Å²) in [5.74, 6) is -0.157. The zero-order valence-electron chi connectivity index (χ0n) is 13.6. The Labute approximate surface area is 154 Å². The molecule has 3 rings (SSSR count). The Kier molecular flexibility index (Phi) is 5.90. The van der Waals surface area contributed by atoms with Crippen LogP contribution in [0.5, 0.6) is 0 Å². The number of aliphatic hydroxyl groups is 1. The minimum atomic E-state index is -1.33. The van der Waals surface area contributed by atoms with E-state index in [2.05, 4.69) is 30.8 Å². The standard InChI is InChI=1S/C17H17ClN6O2/c18-20-14(9-11-5-2-1-3-6-11)15(25)17(26)19-13-8-4-7-12(10-13)16-21-23-24-22-16/h1-8,10,14-15,20,25H,9H2,(H,19,26)(H,21,22,23,24)/t14-,15-/m0/s1. The van der Waals surface area contributed by atoms with E-state index in [4.69, 9.17) is 11.8 Å². The first kappa shape index (κ1) is 18.0. The first-order chi connectivity index (χ1) is 12.7. The Morgan fingerprint density at radius 2 is 2.00 bits per heavy atom. The predicted octanol–water partition coefficient (Wildman–Crippen LogP) is 1.52. The van der Waals surface area contributed by atoms with Crippen LogP contribution in [0.15, 0.2) is 54.6 Å². The number of halogens is 1. The van der Waals surface area contributed by atoms with Crippen molar-refractivity contribution in [3.05, 3.63) is 60.2 Å². The van der Waals surface area contributed by atoms with Crippen LogP contribution in [0.1, 0.15) is 5.56 Å². The van der Waals surface area contributed by atoms with Crippen LogP contribution in [0.3, 0.4) is 0 Å². The number of H-pyrrole nitrogens is 1. The van der Waals surface area contributed by atoms with Gasteiger partial charge in [-0.1, -0.05) is 42.5 Å². The molecule has 0 radical (unpaired) electrons. The number of amides is 1. The molecule has 9 heteroatoms. The van der Waals surface area contributed by atoms with Crippen molar-refractivity contribution < 1.29 is 9.90 Å². The van der Waals surface area contributed by atoms with Crippen LogP contribution >= 0.6 is 11.8 Å². The SMILES string of the molecule is O=C(Nc1cccc(-c2nn[nH]n2)c1)[C@@H](O)[C@H](Cc1ccccc1)NCl. The van der Waals surface area contributed by atoms with Gasteiger partial charge in [0.2, 0.25) is 5.82 Å². The molecule has 1 aromatic heterocycles. The Morgan fingerprint density at radius 1 is 1.19 bits per heavy atom. The molecular weight excluding hydrogens is 356 g/mol. The zero-order valence-corrected chi connectivity index (χ0v) is 14.4. The topological polar surface area (TPSA) is 116 Å². The molecule has 0 aliphatic carbocycles. The number of nitrogens with one attached hydrogen (secondary N) is 3. The second-order valence-corrected chi connectivity index (χ2v) is 5.87. The number of tetrazole rings is 1. The van der Waals surface area contributed by atoms with Gasteiger partial charge in [-0.2, -0.15) is 5.21 Å². The molecule has 134 valence electrons. The molecule has 1 amide bonds. The van der Waals surface area contributed by atoms with Crippen molar-refractivity contribution in [1.82, 2.24) is 25.5 Å². The smallest absolute Gasteiger partial charge is 0.254 e. The van der Waals surface area contributed by atoms with Crippen LogP contribution in [0.2, 0.25) is 0 Å². The van der Waals surface area contributed by atoms with Gasteiger partial charge in [0, 0.05) is 11.3 Å². The molecule has 0 spiro atoms. The Balaban J connectivity index is 1.67. The summed E-state index contributed by atoms with van der Waals surface area (Å²) in [5.41, 5.74) is 2.14. The number of hydrogen-bond acceptors (Lipinski definition) is 6. The molecule has 2 aromatic carbocycles. The van der Waals surface area contributed by atoms with Crippen LogP contribution < -0.4 is 10.2 Å². The molecule has 4 N–H and O–H groups in total. The average Bonchev–Trinajstić information content (AvgIpc) is 3.21. The van der Waals surface area contributed by atoms with E-state index >= 15 is 0 Å². The summed E-state index contributed by atoms with van der Waals surface area (Å²) >= 11 is 5.74. The maximum atomic E-state index is 12.4. The highest BCUT2D eigenvalue weighted by molar-refractivity contribution is 6.14. The number of aromatic nitrogens is 4. The number of hydrogen-bond donors (Lipinski definition) is 4. The van der Waals surface area contributed by atoms with Gasteiger partial charge in [0.05, 0.1) is 6.04 Å². The lowest BCUT2D eigenvalue weighted by Gasteiger charge is -2.21. The van der Waals surface area contributed by atoms with Gasteiger partial charge >= 0.3 is 0 Å². The van der Waals surface area contributed by atoms with Crippen LogP contribution in [-0.2, 0) is 11.2 Å². The zero-order chi connectivity index (χ0) is 18.4. The van der Waals surface area contributed by atoms with Crippen molar-refractivity contribution in [2.24, 2.45) is 0 Å². The highest BCUT2D eigenvalue weighted by Crippen LogP contribution is 2.19. The molecule has 0 saturated heterocycles. The summed E-state index contributed by atoms with van der Waals surface area (Å²) < 4.78 is 0. The van der Waals surface area contributed by atoms with Crippen LogP contribution in [0, 0.1) is 0 Å². The van der Waals surface area contributed by atoms with E-state index in [1.165, 1.54) is 0 Å². The summed E-state index contributed by atoms with van der Waals surface area (Å²) in [7, 11) is 0. The highest BCUT2D eigenvalue weighted by atomic mass is 35.5. The van der Waals surface area contributed by atoms with Crippen molar-refractivity contribution in [1.29, 1.82) is 0 Å². The molecule has 3 aromatic rings. The maximum absolute atomic E-state index is 12.4. The summed E-state index contributed by atoms with van der Waals surface area (Å²) in [6.07, 6.45) is -0.927. The molecule has 0 fully saturated rings. The minimum Gasteiger partial charge on any atom is -0.382 e. The molecule has 0 saturated carbocycles. The lowest BCUT2D eigenvalue weighted by atomic mass is 10.0. The molecule has 2 atom stereocenters. The number of carbonyl (C=O) groups excluding carboxylic acids is 1. The second kappa shape index (κ2) is 8.52. The first-order valence-electron chi connectivity index (χ1n) is 7.90. The van der Waals surface area contributed by atoms with Crippen molar-refractivity contribution in [3.8, 4) is 11.4 Å². The fraction of sp³-hybridized carbons (Fsp3) is 0.176. The summed E-state index contributed by atoms with van der Waals surface area (Å²) in [5, 5.41) is 26.7. The van der Waals surface area contributed by atoms with Crippen molar-refractivity contribution >= 4 is 23.4 Å². The fourth-order valence-corrected chi connectivity index (χ4v) is 2.69. The summed E-state index contributed by atoms with van der Waals surface area (Å²) in [6.45, 7) is 0. The Morgan fingerprint density at radius 3 is 2.69 bits per heavy atom. The molecule has 8 nitrogen and oxygen atoms in total. The van der Waals surface area contributed by atoms with Gasteiger partial charge in [-0.3, -0.25) is 4.79 Å². The van der Waals surface area contributed by atoms with E-state index in [0.29, 0.717) is 23.5 Å². The molecule has 0 bridgehead atoms. The number of benzene rings is 2. The van der Waals surface area contributed by atoms with E-state index in [-0.39, 0.29) is 0 Å². The number of rotatable bonds is 7. The van der Waals surface area contributed by atoms with Gasteiger partial charge < -0.3 is 10.4 Å². The number of nitrogens with zero attached hydrogens (tertiary/aromatic N) is 3. The largest absolute Gasteiger partial charge is 0.382 e. The average molecular weight is 373 g/mol. The number of aromatic amines is 1. The number of anilines is 1. The van der Waals surface area contributed by atoms with E-state index in [9.17, 15) is 9.90 Å². The van der Waals surface area contributed by atoms with Gasteiger partial charge in [0.1, 0.15) is 6.10 Å². The van der Waals surface area contributed by atoms with Gasteiger partial charge in [0.25, 0.3) is 5.91 Å². The van der Waals surface area contributed by atoms with Crippen LogP contribution in [0.4, 0.5) is 5.69 Å². The van der Waals surface area contributed by atoms with E-state index < -0.39 is 18.1 Å². The van der Waals surface area contributed by atoms with Crippen LogP contribution in [0.25, 0.3) is 11.4 Å². The Bertz CT molecular complexity index is 843. The van der Waals surface area contributed by atoms with Crippen LogP contribution in [-0.4, -0.2) is 43.8 Å². The molecule has 1 heterocycles. The van der Waals surface area contributed by atoms with Gasteiger partial charge in [-0.25, -0.2) is 4.84 Å². The summed E-state index contributed by atoms with van der Waals surface area (Å²) in [4.78, 5) is 14.9. The summed E-state index contributed by atoms with van der Waals surface area (Å²) in [6, 6.07) is 15.8. The minimum absolute atomic E-state index is 0.405. The van der Waals surface area contributed by atoms with E-state index in [0.717, 1.165) is 5.56 Å². The normalized spacial score (nSPS) is 13.2. The maximum Gasteiger partial charge on any atom is 0.254 e. The third kappa shape index (κ3) is 4.42. The van der Waals surface area contributed by atoms with E-state index in [1.807, 2.05) is 30.3 Å². The number of carbonyl (C=O) groups is 1. The van der Waals surface area contributed by atoms with Crippen molar-refractivity contribution in [2.75, 3.05) is 5.32 Å². The fourth-order valence-electron chi connectivity index (χ4n) is 2.50. The molecule has 0 unspecified atom stereocenters. The first-order valence-corrected chi connectivity index (χ1v) is 8.28. The Hall–Kier alpha value is -2.81. The molecular formula is C17H17ClN6O2. The van der Waals surface area contributed by atoms with Gasteiger partial charge in [-0.15, -0.1) is 10.2 Å². The lowest BCUT2D eigenvalue weighted by Crippen LogP contribution is -2.44. The van der Waals surface area contributed by atoms with Gasteiger partial charge in [-0.05, 0) is 41.1 Å². The molecule has 0 aliphatic heterocycles. The van der Waals surface area contributed by atoms with Crippen molar-refractivity contribution in [2.45, 2.75) is 18.6 Å². The van der Waals surface area contributed by atoms with Gasteiger partial charge in [0.15, 0.2) is 0 Å². The second-order valence-electron chi connectivity index (χ2n) is 5.66. The quantitative estimate of drug-likeness (QED) is 0.467. The molecule has 26 heavy (non-hydrogen) atoms. The monoisotopic (exact) mass is 372 g/mol. The lowest BCUT2D eigenvalue weighted by molar-refractivity contribution is -0.125. The third-order valence-corrected chi connectivity index (χ3v) is 4.10. The predicted molar refractivity (Wildman–Crippen MR) is 97.2 cm³/mol. The van der Waals surface area contributed by atoms with Crippen molar-refractivity contribution in [3.63, 3.8) is 0 Å². The number of aliphatic hydroxyl groups excluding tert-OH is 1.